The van der Waals surface area contributed by atoms with Crippen LogP contribution in [0.1, 0.15) is 16.1 Å². The van der Waals surface area contributed by atoms with Gasteiger partial charge in [0.25, 0.3) is 0 Å². The van der Waals surface area contributed by atoms with Gasteiger partial charge in [-0.25, -0.2) is 14.8 Å². The van der Waals surface area contributed by atoms with Gasteiger partial charge in [-0.1, -0.05) is 11.6 Å². The molecule has 2 N–H and O–H groups in total. The molecule has 0 aromatic carbocycles. The zero-order chi connectivity index (χ0) is 16.1. The molecule has 3 rings (SSSR count). The van der Waals surface area contributed by atoms with Gasteiger partial charge in [-0.2, -0.15) is 13.2 Å². The van der Waals surface area contributed by atoms with E-state index in [1.165, 1.54) is 18.6 Å². The van der Waals surface area contributed by atoms with Crippen molar-refractivity contribution in [2.75, 3.05) is 0 Å². The largest absolute Gasteiger partial charge is 0.476 e. The van der Waals surface area contributed by atoms with Crippen LogP contribution in [0.25, 0.3) is 17.0 Å². The third kappa shape index (κ3) is 2.19. The van der Waals surface area contributed by atoms with Crippen molar-refractivity contribution in [1.29, 1.82) is 0 Å². The Morgan fingerprint density at radius 1 is 1.41 bits per heavy atom. The second-order valence-corrected chi connectivity index (χ2v) is 4.69. The van der Waals surface area contributed by atoms with Crippen molar-refractivity contribution < 1.29 is 23.1 Å². The van der Waals surface area contributed by atoms with Crippen molar-refractivity contribution in [3.8, 4) is 11.4 Å². The first-order valence-corrected chi connectivity index (χ1v) is 6.18. The summed E-state index contributed by atoms with van der Waals surface area (Å²) in [6.45, 7) is 0. The van der Waals surface area contributed by atoms with E-state index >= 15 is 0 Å². The van der Waals surface area contributed by atoms with Gasteiger partial charge in [0.15, 0.2) is 11.3 Å². The number of carboxylic acids is 1. The number of halogens is 4. The number of rotatable bonds is 2. The molecule has 0 amide bonds. The molecule has 0 aliphatic carbocycles. The Morgan fingerprint density at radius 2 is 2.14 bits per heavy atom. The van der Waals surface area contributed by atoms with Gasteiger partial charge in [0, 0.05) is 24.2 Å². The Hall–Kier alpha value is -2.55. The molecule has 3 aromatic rings. The molecule has 0 spiro atoms. The number of imidazole rings is 2. The Kier molecular flexibility index (Phi) is 3.10. The Balaban J connectivity index is 2.39. The number of alkyl halides is 3. The summed E-state index contributed by atoms with van der Waals surface area (Å²) in [6.07, 6.45) is -0.657. The molecule has 0 aliphatic rings. The van der Waals surface area contributed by atoms with Crippen LogP contribution in [-0.4, -0.2) is 30.4 Å². The predicted octanol–water partition coefficient (Wildman–Crippen LogP) is 3.09. The second kappa shape index (κ2) is 4.73. The van der Waals surface area contributed by atoms with Crippen molar-refractivity contribution in [2.45, 2.75) is 6.18 Å². The van der Waals surface area contributed by atoms with Gasteiger partial charge in [0.1, 0.15) is 11.0 Å². The summed E-state index contributed by atoms with van der Waals surface area (Å²) >= 11 is 5.83. The molecule has 0 bridgehead atoms. The van der Waals surface area contributed by atoms with Crippen molar-refractivity contribution in [2.24, 2.45) is 0 Å². The molecule has 0 atom stereocenters. The van der Waals surface area contributed by atoms with Gasteiger partial charge in [0.05, 0.1) is 5.56 Å². The summed E-state index contributed by atoms with van der Waals surface area (Å²) in [5.74, 6) is -1.32. The van der Waals surface area contributed by atoms with Crippen molar-refractivity contribution in [3.63, 3.8) is 0 Å². The van der Waals surface area contributed by atoms with Gasteiger partial charge in [-0.3, -0.25) is 4.40 Å². The molecule has 10 heteroatoms. The smallest absolute Gasteiger partial charge is 0.420 e. The Bertz CT molecular complexity index is 871. The first kappa shape index (κ1) is 14.4. The maximum absolute atomic E-state index is 13.2. The highest BCUT2D eigenvalue weighted by Gasteiger charge is 2.36. The number of H-pyrrole nitrogens is 1. The van der Waals surface area contributed by atoms with Crippen LogP contribution in [0.2, 0.25) is 5.15 Å². The highest BCUT2D eigenvalue weighted by molar-refractivity contribution is 6.32. The van der Waals surface area contributed by atoms with Crippen LogP contribution in [0, 0.1) is 0 Å². The highest BCUT2D eigenvalue weighted by atomic mass is 35.5. The molecule has 22 heavy (non-hydrogen) atoms. The van der Waals surface area contributed by atoms with Crippen LogP contribution in [0.5, 0.6) is 0 Å². The maximum Gasteiger partial charge on any atom is 0.420 e. The number of carboxylic acid groups (broad SMARTS) is 1. The first-order chi connectivity index (χ1) is 10.3. The predicted molar refractivity (Wildman–Crippen MR) is 69.7 cm³/mol. The number of fused-ring (bicyclic) bond motifs is 1. The molecule has 114 valence electrons. The number of carbonyl (C=O) groups is 1. The van der Waals surface area contributed by atoms with E-state index < -0.39 is 34.2 Å². The van der Waals surface area contributed by atoms with Crippen molar-refractivity contribution >= 4 is 23.2 Å². The third-order valence-corrected chi connectivity index (χ3v) is 3.30. The fourth-order valence-electron chi connectivity index (χ4n) is 2.01. The highest BCUT2D eigenvalue weighted by Crippen LogP contribution is 2.36. The molecule has 0 fully saturated rings. The van der Waals surface area contributed by atoms with Crippen molar-refractivity contribution in [3.05, 3.63) is 41.1 Å². The SMILES string of the molecule is O=C(O)c1nc2c(C(F)(F)F)cc(-c3ncc[nH]3)cn2c1Cl. The van der Waals surface area contributed by atoms with E-state index in [1.807, 2.05) is 0 Å². The van der Waals surface area contributed by atoms with E-state index in [2.05, 4.69) is 15.0 Å². The normalized spacial score (nSPS) is 12.0. The van der Waals surface area contributed by atoms with Crippen molar-refractivity contribution in [1.82, 2.24) is 19.4 Å². The summed E-state index contributed by atoms with van der Waals surface area (Å²) in [7, 11) is 0. The lowest BCUT2D eigenvalue weighted by Gasteiger charge is -2.10. The molecule has 0 aliphatic heterocycles. The number of aromatic amines is 1. The molecular weight excluding hydrogens is 325 g/mol. The number of nitrogens with one attached hydrogen (secondary N) is 1. The lowest BCUT2D eigenvalue weighted by molar-refractivity contribution is -0.136. The zero-order valence-electron chi connectivity index (χ0n) is 10.5. The molecular formula is C12H6ClF3N4O2. The minimum absolute atomic E-state index is 0.0982. The van der Waals surface area contributed by atoms with Crippen LogP contribution in [0.15, 0.2) is 24.7 Å². The minimum Gasteiger partial charge on any atom is -0.476 e. The van der Waals surface area contributed by atoms with Gasteiger partial charge in [0.2, 0.25) is 0 Å². The number of aromatic nitrogens is 4. The van der Waals surface area contributed by atoms with E-state index in [9.17, 15) is 18.0 Å². The quantitative estimate of drug-likeness (QED) is 0.756. The lowest BCUT2D eigenvalue weighted by Crippen LogP contribution is -2.08. The van der Waals surface area contributed by atoms with E-state index in [-0.39, 0.29) is 11.4 Å². The average Bonchev–Trinajstić information content (AvgIpc) is 3.05. The average molecular weight is 331 g/mol. The molecule has 0 saturated heterocycles. The monoisotopic (exact) mass is 330 g/mol. The molecule has 3 heterocycles. The van der Waals surface area contributed by atoms with Gasteiger partial charge in [-0.15, -0.1) is 0 Å². The summed E-state index contributed by atoms with van der Waals surface area (Å²) in [5, 5.41) is 8.54. The molecule has 0 unspecified atom stereocenters. The second-order valence-electron chi connectivity index (χ2n) is 4.33. The number of pyridine rings is 1. The van der Waals surface area contributed by atoms with Crippen LogP contribution in [0.4, 0.5) is 13.2 Å². The fraction of sp³-hybridized carbons (Fsp3) is 0.0833. The summed E-state index contributed by atoms with van der Waals surface area (Å²) in [5.41, 5.74) is -2.23. The summed E-state index contributed by atoms with van der Waals surface area (Å²) < 4.78 is 40.5. The van der Waals surface area contributed by atoms with E-state index in [1.54, 1.807) is 0 Å². The lowest BCUT2D eigenvalue weighted by atomic mass is 10.2. The molecule has 3 aromatic heterocycles. The molecule has 0 saturated carbocycles. The fourth-order valence-corrected chi connectivity index (χ4v) is 2.27. The number of hydrogen-bond acceptors (Lipinski definition) is 3. The maximum atomic E-state index is 13.2. The topological polar surface area (TPSA) is 83.3 Å². The van der Waals surface area contributed by atoms with E-state index in [0.717, 1.165) is 10.5 Å². The van der Waals surface area contributed by atoms with Gasteiger partial charge < -0.3 is 10.1 Å². The van der Waals surface area contributed by atoms with Crippen LogP contribution in [0.3, 0.4) is 0 Å². The number of aromatic carboxylic acids is 1. The van der Waals surface area contributed by atoms with Crippen LogP contribution in [-0.2, 0) is 6.18 Å². The minimum atomic E-state index is -4.73. The summed E-state index contributed by atoms with van der Waals surface area (Å²) in [4.78, 5) is 21.0. The van der Waals surface area contributed by atoms with Gasteiger partial charge in [-0.05, 0) is 6.07 Å². The van der Waals surface area contributed by atoms with E-state index in [4.69, 9.17) is 16.7 Å². The zero-order valence-corrected chi connectivity index (χ0v) is 11.3. The standard InChI is InChI=1S/C12H6ClF3N4O2/c13-8-7(11(21)22)19-10-6(12(14,15)16)3-5(4-20(8)10)9-17-1-2-18-9/h1-4H,(H,17,18)(H,21,22). The summed E-state index contributed by atoms with van der Waals surface area (Å²) in [6, 6.07) is 0.836. The van der Waals surface area contributed by atoms with Gasteiger partial charge >= 0.3 is 12.1 Å². The molecule has 0 radical (unpaired) electrons. The van der Waals surface area contributed by atoms with E-state index in [0.29, 0.717) is 0 Å². The van der Waals surface area contributed by atoms with Crippen LogP contribution < -0.4 is 0 Å². The Labute approximate surface area is 125 Å². The Morgan fingerprint density at radius 3 is 2.68 bits per heavy atom. The first-order valence-electron chi connectivity index (χ1n) is 5.81. The number of hydrogen-bond donors (Lipinski definition) is 2. The van der Waals surface area contributed by atoms with Crippen LogP contribution >= 0.6 is 11.6 Å². The molecule has 6 nitrogen and oxygen atoms in total. The third-order valence-electron chi connectivity index (χ3n) is 2.94. The number of nitrogens with zero attached hydrogens (tertiary/aromatic N) is 3.